The summed E-state index contributed by atoms with van der Waals surface area (Å²) in [6, 6.07) is 8.44. The van der Waals surface area contributed by atoms with E-state index in [2.05, 4.69) is 10.1 Å². The van der Waals surface area contributed by atoms with Crippen molar-refractivity contribution < 1.29 is 9.32 Å². The van der Waals surface area contributed by atoms with Gasteiger partial charge in [0.15, 0.2) is 0 Å². The SMILES string of the molecule is Cc1cc(C2CCCN2C(=O)Cn2c(=O)[nH]c(=O)c3ccccc32)no1. The fourth-order valence-corrected chi connectivity index (χ4v) is 3.54. The Hall–Kier alpha value is -3.16. The van der Waals surface area contributed by atoms with Gasteiger partial charge in [-0.1, -0.05) is 17.3 Å². The zero-order valence-corrected chi connectivity index (χ0v) is 14.3. The number of aryl methyl sites for hydroxylation is 1. The van der Waals surface area contributed by atoms with Gasteiger partial charge in [0.25, 0.3) is 5.56 Å². The Morgan fingerprint density at radius 2 is 2.15 bits per heavy atom. The van der Waals surface area contributed by atoms with Gasteiger partial charge in [0.05, 0.1) is 16.9 Å². The fraction of sp³-hybridized carbons (Fsp3) is 0.333. The number of benzene rings is 1. The Bertz CT molecular complexity index is 1090. The number of hydrogen-bond donors (Lipinski definition) is 1. The van der Waals surface area contributed by atoms with E-state index in [0.29, 0.717) is 23.2 Å². The second-order valence-electron chi connectivity index (χ2n) is 6.47. The first kappa shape index (κ1) is 16.3. The van der Waals surface area contributed by atoms with Gasteiger partial charge < -0.3 is 9.42 Å². The van der Waals surface area contributed by atoms with Crippen molar-refractivity contribution >= 4 is 16.8 Å². The maximum absolute atomic E-state index is 12.9. The number of fused-ring (bicyclic) bond motifs is 1. The average molecular weight is 354 g/mol. The summed E-state index contributed by atoms with van der Waals surface area (Å²) in [5, 5.41) is 4.41. The van der Waals surface area contributed by atoms with E-state index in [1.165, 1.54) is 4.57 Å². The van der Waals surface area contributed by atoms with Crippen LogP contribution in [0.15, 0.2) is 44.4 Å². The lowest BCUT2D eigenvalue weighted by atomic mass is 10.1. The zero-order valence-electron chi connectivity index (χ0n) is 14.3. The Morgan fingerprint density at radius 1 is 1.35 bits per heavy atom. The topological polar surface area (TPSA) is 101 Å². The minimum absolute atomic E-state index is 0.135. The molecule has 134 valence electrons. The van der Waals surface area contributed by atoms with E-state index in [0.717, 1.165) is 18.5 Å². The molecule has 3 aromatic rings. The van der Waals surface area contributed by atoms with Gasteiger partial charge in [-0.25, -0.2) is 4.79 Å². The van der Waals surface area contributed by atoms with Crippen LogP contribution in [0.1, 0.15) is 30.3 Å². The third-order valence-electron chi connectivity index (χ3n) is 4.76. The molecule has 8 heteroatoms. The molecule has 4 rings (SSSR count). The van der Waals surface area contributed by atoms with Crippen molar-refractivity contribution in [3.8, 4) is 0 Å². The van der Waals surface area contributed by atoms with Gasteiger partial charge in [-0.05, 0) is 31.9 Å². The first-order valence-corrected chi connectivity index (χ1v) is 8.49. The van der Waals surface area contributed by atoms with Crippen molar-refractivity contribution in [2.75, 3.05) is 6.54 Å². The summed E-state index contributed by atoms with van der Waals surface area (Å²) in [6.45, 7) is 2.28. The number of rotatable bonds is 3. The van der Waals surface area contributed by atoms with Crippen molar-refractivity contribution in [2.45, 2.75) is 32.4 Å². The number of carbonyl (C=O) groups is 1. The zero-order chi connectivity index (χ0) is 18.3. The van der Waals surface area contributed by atoms with E-state index in [1.807, 2.05) is 13.0 Å². The lowest BCUT2D eigenvalue weighted by Crippen LogP contribution is -2.38. The largest absolute Gasteiger partial charge is 0.361 e. The summed E-state index contributed by atoms with van der Waals surface area (Å²) in [5.41, 5.74) is 0.135. The van der Waals surface area contributed by atoms with Crippen LogP contribution in [-0.2, 0) is 11.3 Å². The van der Waals surface area contributed by atoms with Gasteiger partial charge in [-0.3, -0.25) is 19.1 Å². The fourth-order valence-electron chi connectivity index (χ4n) is 3.54. The molecule has 26 heavy (non-hydrogen) atoms. The van der Waals surface area contributed by atoms with Gasteiger partial charge >= 0.3 is 5.69 Å². The number of aromatic nitrogens is 3. The molecule has 3 heterocycles. The van der Waals surface area contributed by atoms with Gasteiger partial charge in [-0.2, -0.15) is 0 Å². The summed E-state index contributed by atoms with van der Waals surface area (Å²) in [5.74, 6) is 0.509. The normalized spacial score (nSPS) is 17.1. The number of aromatic amines is 1. The van der Waals surface area contributed by atoms with Crippen molar-refractivity contribution in [3.63, 3.8) is 0 Å². The Kier molecular flexibility index (Phi) is 3.95. The highest BCUT2D eigenvalue weighted by molar-refractivity contribution is 5.82. The number of carbonyl (C=O) groups excluding carboxylic acids is 1. The van der Waals surface area contributed by atoms with Gasteiger partial charge in [-0.15, -0.1) is 0 Å². The number of nitrogens with zero attached hydrogens (tertiary/aromatic N) is 3. The predicted octanol–water partition coefficient (Wildman–Crippen LogP) is 1.35. The van der Waals surface area contributed by atoms with Crippen LogP contribution in [-0.4, -0.2) is 32.1 Å². The Morgan fingerprint density at radius 3 is 2.92 bits per heavy atom. The molecule has 1 aliphatic rings. The highest BCUT2D eigenvalue weighted by atomic mass is 16.5. The van der Waals surface area contributed by atoms with Crippen LogP contribution in [0.3, 0.4) is 0 Å². The molecular formula is C18H18N4O4. The molecule has 1 amide bonds. The number of para-hydroxylation sites is 1. The third kappa shape index (κ3) is 2.73. The average Bonchev–Trinajstić information content (AvgIpc) is 3.27. The van der Waals surface area contributed by atoms with Crippen LogP contribution in [0.4, 0.5) is 0 Å². The van der Waals surface area contributed by atoms with Crippen molar-refractivity contribution in [3.05, 3.63) is 62.6 Å². The predicted molar refractivity (Wildman–Crippen MR) is 93.8 cm³/mol. The van der Waals surface area contributed by atoms with Gasteiger partial charge in [0.1, 0.15) is 18.0 Å². The van der Waals surface area contributed by atoms with E-state index in [-0.39, 0.29) is 18.5 Å². The minimum Gasteiger partial charge on any atom is -0.361 e. The monoisotopic (exact) mass is 354 g/mol. The first-order chi connectivity index (χ1) is 12.5. The summed E-state index contributed by atoms with van der Waals surface area (Å²) < 4.78 is 6.44. The molecule has 1 aliphatic heterocycles. The Balaban J connectivity index is 1.67. The van der Waals surface area contributed by atoms with Crippen LogP contribution in [0.2, 0.25) is 0 Å². The van der Waals surface area contributed by atoms with Crippen LogP contribution >= 0.6 is 0 Å². The molecular weight excluding hydrogens is 336 g/mol. The number of amides is 1. The van der Waals surface area contributed by atoms with E-state index in [4.69, 9.17) is 4.52 Å². The number of hydrogen-bond acceptors (Lipinski definition) is 5. The number of likely N-dealkylation sites (tertiary alicyclic amines) is 1. The summed E-state index contributed by atoms with van der Waals surface area (Å²) >= 11 is 0. The highest BCUT2D eigenvalue weighted by Crippen LogP contribution is 2.31. The first-order valence-electron chi connectivity index (χ1n) is 8.49. The second-order valence-corrected chi connectivity index (χ2v) is 6.47. The molecule has 1 atom stereocenters. The summed E-state index contributed by atoms with van der Waals surface area (Å²) in [6.07, 6.45) is 1.67. The molecule has 1 fully saturated rings. The molecule has 0 spiro atoms. The Labute approximate surface area is 148 Å². The van der Waals surface area contributed by atoms with Crippen molar-refractivity contribution in [1.82, 2.24) is 19.6 Å². The van der Waals surface area contributed by atoms with Crippen LogP contribution in [0.5, 0.6) is 0 Å². The van der Waals surface area contributed by atoms with Crippen LogP contribution < -0.4 is 11.2 Å². The molecule has 1 saturated heterocycles. The molecule has 0 radical (unpaired) electrons. The molecule has 2 aromatic heterocycles. The summed E-state index contributed by atoms with van der Waals surface area (Å²) in [4.78, 5) is 41.1. The maximum atomic E-state index is 12.9. The summed E-state index contributed by atoms with van der Waals surface area (Å²) in [7, 11) is 0. The van der Waals surface area contributed by atoms with E-state index in [9.17, 15) is 14.4 Å². The smallest absolute Gasteiger partial charge is 0.329 e. The van der Waals surface area contributed by atoms with Crippen LogP contribution in [0.25, 0.3) is 10.9 Å². The third-order valence-corrected chi connectivity index (χ3v) is 4.76. The lowest BCUT2D eigenvalue weighted by molar-refractivity contribution is -0.132. The highest BCUT2D eigenvalue weighted by Gasteiger charge is 2.32. The number of nitrogens with one attached hydrogen (secondary N) is 1. The van der Waals surface area contributed by atoms with Crippen molar-refractivity contribution in [1.29, 1.82) is 0 Å². The van der Waals surface area contributed by atoms with Gasteiger partial charge in [0.2, 0.25) is 5.91 Å². The van der Waals surface area contributed by atoms with Gasteiger partial charge in [0, 0.05) is 12.6 Å². The van der Waals surface area contributed by atoms with E-state index in [1.54, 1.807) is 29.2 Å². The molecule has 1 N–H and O–H groups in total. The van der Waals surface area contributed by atoms with Crippen molar-refractivity contribution in [2.24, 2.45) is 0 Å². The molecule has 0 saturated carbocycles. The molecule has 1 unspecified atom stereocenters. The quantitative estimate of drug-likeness (QED) is 0.765. The second kappa shape index (κ2) is 6.29. The minimum atomic E-state index is -0.588. The lowest BCUT2D eigenvalue weighted by Gasteiger charge is -2.23. The van der Waals surface area contributed by atoms with Crippen LogP contribution in [0, 0.1) is 6.92 Å². The standard InChI is InChI=1S/C18H18N4O4/c1-11-9-13(20-26-11)15-7-4-8-21(15)16(23)10-22-14-6-3-2-5-12(14)17(24)19-18(22)25/h2-3,5-6,9,15H,4,7-8,10H2,1H3,(H,19,24,25). The van der Waals surface area contributed by atoms with E-state index >= 15 is 0 Å². The maximum Gasteiger partial charge on any atom is 0.329 e. The molecule has 0 aliphatic carbocycles. The van der Waals surface area contributed by atoms with E-state index < -0.39 is 11.2 Å². The molecule has 1 aromatic carbocycles. The molecule has 0 bridgehead atoms. The molecule has 8 nitrogen and oxygen atoms in total. The number of H-pyrrole nitrogens is 1.